The minimum atomic E-state index is -0.150. The molecule has 0 aliphatic heterocycles. The van der Waals surface area contributed by atoms with Crippen LogP contribution in [0.5, 0.6) is 0 Å². The van der Waals surface area contributed by atoms with Crippen LogP contribution in [0.1, 0.15) is 41.9 Å². The zero-order valence-corrected chi connectivity index (χ0v) is 12.6. The average Bonchev–Trinajstić information content (AvgIpc) is 3.06. The number of hydrogen-bond acceptors (Lipinski definition) is 4. The molecule has 114 valence electrons. The van der Waals surface area contributed by atoms with Gasteiger partial charge in [-0.15, -0.1) is 0 Å². The number of hydrogen-bond donors (Lipinski definition) is 2. The Bertz CT molecular complexity index is 602. The topological polar surface area (TPSA) is 87.0 Å². The number of carbonyl (C=O) groups is 1. The summed E-state index contributed by atoms with van der Waals surface area (Å²) in [6.07, 6.45) is 3.32. The lowest BCUT2D eigenvalue weighted by Crippen LogP contribution is -2.35. The molecule has 0 saturated carbocycles. The van der Waals surface area contributed by atoms with Crippen LogP contribution >= 0.6 is 0 Å². The van der Waals surface area contributed by atoms with Gasteiger partial charge in [0.1, 0.15) is 11.5 Å². The highest BCUT2D eigenvalue weighted by Crippen LogP contribution is 2.12. The van der Waals surface area contributed by atoms with E-state index in [4.69, 9.17) is 0 Å². The first-order valence-corrected chi connectivity index (χ1v) is 6.97. The van der Waals surface area contributed by atoms with Gasteiger partial charge in [-0.1, -0.05) is 0 Å². The predicted octanol–water partition coefficient (Wildman–Crippen LogP) is 1.13. The fraction of sp³-hybridized carbons (Fsp3) is 0.500. The largest absolute Gasteiger partial charge is 0.395 e. The smallest absolute Gasteiger partial charge is 0.272 e. The summed E-state index contributed by atoms with van der Waals surface area (Å²) >= 11 is 0. The highest BCUT2D eigenvalue weighted by atomic mass is 16.3. The number of aromatic nitrogens is 4. The maximum atomic E-state index is 12.7. The molecule has 2 heterocycles. The van der Waals surface area contributed by atoms with Gasteiger partial charge in [0.05, 0.1) is 25.0 Å². The number of aliphatic hydroxyl groups excluding tert-OH is 1. The van der Waals surface area contributed by atoms with E-state index in [2.05, 4.69) is 15.1 Å². The molecule has 0 spiro atoms. The molecular formula is C14H21N5O2. The van der Waals surface area contributed by atoms with Crippen molar-refractivity contribution in [3.05, 3.63) is 35.7 Å². The zero-order valence-electron chi connectivity index (χ0n) is 12.6. The lowest BCUT2D eigenvalue weighted by atomic mass is 10.3. The third-order valence-electron chi connectivity index (χ3n) is 3.15. The highest BCUT2D eigenvalue weighted by molar-refractivity contribution is 5.92. The lowest BCUT2D eigenvalue weighted by Gasteiger charge is -2.22. The van der Waals surface area contributed by atoms with Crippen LogP contribution in [0, 0.1) is 6.92 Å². The molecule has 0 radical (unpaired) electrons. The summed E-state index contributed by atoms with van der Waals surface area (Å²) in [5.41, 5.74) is 1.36. The van der Waals surface area contributed by atoms with Gasteiger partial charge in [0.2, 0.25) is 0 Å². The number of imidazole rings is 1. The van der Waals surface area contributed by atoms with Crippen molar-refractivity contribution in [1.82, 2.24) is 24.6 Å². The van der Waals surface area contributed by atoms with Crippen molar-refractivity contribution in [2.45, 2.75) is 33.4 Å². The Morgan fingerprint density at radius 2 is 2.29 bits per heavy atom. The molecule has 2 aromatic rings. The molecular weight excluding hydrogens is 270 g/mol. The van der Waals surface area contributed by atoms with Crippen molar-refractivity contribution in [2.75, 3.05) is 13.2 Å². The van der Waals surface area contributed by atoms with Crippen molar-refractivity contribution in [3.8, 4) is 0 Å². The Morgan fingerprint density at radius 3 is 2.86 bits per heavy atom. The summed E-state index contributed by atoms with van der Waals surface area (Å²) in [5.74, 6) is 0.649. The number of aryl methyl sites for hydroxylation is 1. The van der Waals surface area contributed by atoms with E-state index in [-0.39, 0.29) is 25.1 Å². The lowest BCUT2D eigenvalue weighted by molar-refractivity contribution is 0.0691. The summed E-state index contributed by atoms with van der Waals surface area (Å²) < 4.78 is 1.69. The molecule has 0 aliphatic rings. The average molecular weight is 291 g/mol. The maximum Gasteiger partial charge on any atom is 0.272 e. The molecule has 0 bridgehead atoms. The molecule has 0 fully saturated rings. The number of nitrogens with one attached hydrogen (secondary N) is 1. The van der Waals surface area contributed by atoms with E-state index in [1.165, 1.54) is 0 Å². The normalized spacial score (nSPS) is 11.1. The van der Waals surface area contributed by atoms with E-state index >= 15 is 0 Å². The summed E-state index contributed by atoms with van der Waals surface area (Å²) in [6, 6.07) is 1.80. The third kappa shape index (κ3) is 3.49. The van der Waals surface area contributed by atoms with Crippen molar-refractivity contribution in [2.24, 2.45) is 0 Å². The van der Waals surface area contributed by atoms with Gasteiger partial charge in [-0.3, -0.25) is 9.48 Å². The van der Waals surface area contributed by atoms with Gasteiger partial charge in [0.15, 0.2) is 0 Å². The van der Waals surface area contributed by atoms with Gasteiger partial charge in [0.25, 0.3) is 5.91 Å². The van der Waals surface area contributed by atoms with Gasteiger partial charge in [-0.05, 0) is 26.8 Å². The fourth-order valence-corrected chi connectivity index (χ4v) is 2.19. The van der Waals surface area contributed by atoms with Crippen LogP contribution in [0.4, 0.5) is 0 Å². The molecule has 2 rings (SSSR count). The number of amides is 1. The third-order valence-corrected chi connectivity index (χ3v) is 3.15. The van der Waals surface area contributed by atoms with Crippen LogP contribution in [0.2, 0.25) is 0 Å². The number of aliphatic hydroxyl groups is 1. The van der Waals surface area contributed by atoms with Crippen LogP contribution in [-0.4, -0.2) is 48.8 Å². The second-order valence-corrected chi connectivity index (χ2v) is 5.20. The van der Waals surface area contributed by atoms with E-state index in [9.17, 15) is 9.90 Å². The Labute approximate surface area is 123 Å². The van der Waals surface area contributed by atoms with E-state index < -0.39 is 0 Å². The van der Waals surface area contributed by atoms with Crippen LogP contribution in [0.15, 0.2) is 18.5 Å². The SMILES string of the molecule is Cc1ncc(CN(CCO)C(=O)c2ccnn2C(C)C)[nH]1. The molecule has 0 aromatic carbocycles. The summed E-state index contributed by atoms with van der Waals surface area (Å²) in [6.45, 7) is 6.35. The van der Waals surface area contributed by atoms with Crippen LogP contribution in [0.25, 0.3) is 0 Å². The second kappa shape index (κ2) is 6.53. The first-order chi connectivity index (χ1) is 10.0. The second-order valence-electron chi connectivity index (χ2n) is 5.20. The standard InChI is InChI=1S/C14H21N5O2/c1-10(2)19-13(4-5-16-19)14(21)18(6-7-20)9-12-8-15-11(3)17-12/h4-5,8,10,20H,6-7,9H2,1-3H3,(H,15,17). The molecule has 0 aliphatic carbocycles. The van der Waals surface area contributed by atoms with Gasteiger partial charge >= 0.3 is 0 Å². The van der Waals surface area contributed by atoms with Gasteiger partial charge in [-0.25, -0.2) is 4.98 Å². The molecule has 7 nitrogen and oxygen atoms in total. The number of rotatable bonds is 6. The van der Waals surface area contributed by atoms with Crippen molar-refractivity contribution in [1.29, 1.82) is 0 Å². The quantitative estimate of drug-likeness (QED) is 0.835. The van der Waals surface area contributed by atoms with Crippen LogP contribution < -0.4 is 0 Å². The van der Waals surface area contributed by atoms with Crippen molar-refractivity contribution in [3.63, 3.8) is 0 Å². The highest BCUT2D eigenvalue weighted by Gasteiger charge is 2.21. The first-order valence-electron chi connectivity index (χ1n) is 6.97. The Balaban J connectivity index is 2.20. The van der Waals surface area contributed by atoms with Gasteiger partial charge in [-0.2, -0.15) is 5.10 Å². The Hall–Kier alpha value is -2.15. The number of nitrogens with zero attached hydrogens (tertiary/aromatic N) is 4. The van der Waals surface area contributed by atoms with Gasteiger partial charge < -0.3 is 15.0 Å². The molecule has 7 heteroatoms. The minimum Gasteiger partial charge on any atom is -0.395 e. The summed E-state index contributed by atoms with van der Waals surface area (Å²) in [7, 11) is 0. The first kappa shape index (κ1) is 15.2. The van der Waals surface area contributed by atoms with Crippen molar-refractivity contribution < 1.29 is 9.90 Å². The fourth-order valence-electron chi connectivity index (χ4n) is 2.19. The Kier molecular flexibility index (Phi) is 4.74. The summed E-state index contributed by atoms with van der Waals surface area (Å²) in [4.78, 5) is 21.5. The molecule has 1 amide bonds. The van der Waals surface area contributed by atoms with E-state index in [0.29, 0.717) is 12.2 Å². The van der Waals surface area contributed by atoms with E-state index in [1.54, 1.807) is 28.0 Å². The molecule has 0 atom stereocenters. The van der Waals surface area contributed by atoms with E-state index in [0.717, 1.165) is 11.5 Å². The Morgan fingerprint density at radius 1 is 1.52 bits per heavy atom. The monoisotopic (exact) mass is 291 g/mol. The number of carbonyl (C=O) groups excluding carboxylic acids is 1. The summed E-state index contributed by atoms with van der Waals surface area (Å²) in [5, 5.41) is 13.4. The predicted molar refractivity (Wildman–Crippen MR) is 77.8 cm³/mol. The minimum absolute atomic E-state index is 0.0886. The van der Waals surface area contributed by atoms with Crippen LogP contribution in [0.3, 0.4) is 0 Å². The van der Waals surface area contributed by atoms with Gasteiger partial charge in [0, 0.05) is 18.8 Å². The maximum absolute atomic E-state index is 12.7. The zero-order chi connectivity index (χ0) is 15.4. The number of H-pyrrole nitrogens is 1. The molecule has 21 heavy (non-hydrogen) atoms. The van der Waals surface area contributed by atoms with E-state index in [1.807, 2.05) is 20.8 Å². The number of aromatic amines is 1. The molecule has 0 saturated heterocycles. The molecule has 2 N–H and O–H groups in total. The molecule has 0 unspecified atom stereocenters. The van der Waals surface area contributed by atoms with Crippen molar-refractivity contribution >= 4 is 5.91 Å². The molecule has 2 aromatic heterocycles. The van der Waals surface area contributed by atoms with Crippen LogP contribution in [-0.2, 0) is 6.54 Å².